The van der Waals surface area contributed by atoms with Crippen LogP contribution in [0.5, 0.6) is 5.75 Å². The summed E-state index contributed by atoms with van der Waals surface area (Å²) in [5, 5.41) is 2.77. The molecule has 0 bridgehead atoms. The molecule has 0 radical (unpaired) electrons. The number of piperidine rings is 1. The van der Waals surface area contributed by atoms with Crippen molar-refractivity contribution in [1.82, 2.24) is 9.80 Å². The number of carbonyl (C=O) groups is 3. The molecule has 1 N–H and O–H groups in total. The van der Waals surface area contributed by atoms with Crippen molar-refractivity contribution in [2.75, 3.05) is 39.1 Å². The third-order valence-corrected chi connectivity index (χ3v) is 4.63. The third kappa shape index (κ3) is 6.96. The van der Waals surface area contributed by atoms with E-state index in [1.165, 1.54) is 4.90 Å². The van der Waals surface area contributed by atoms with Crippen LogP contribution >= 0.6 is 0 Å². The zero-order valence-corrected chi connectivity index (χ0v) is 17.9. The van der Waals surface area contributed by atoms with Crippen molar-refractivity contribution >= 4 is 23.6 Å². The van der Waals surface area contributed by atoms with Crippen molar-refractivity contribution < 1.29 is 23.9 Å². The fourth-order valence-corrected chi connectivity index (χ4v) is 3.12. The Kier molecular flexibility index (Phi) is 7.47. The highest BCUT2D eigenvalue weighted by Gasteiger charge is 2.31. The summed E-state index contributed by atoms with van der Waals surface area (Å²) in [6.45, 7) is 6.39. The van der Waals surface area contributed by atoms with Crippen molar-refractivity contribution in [2.24, 2.45) is 5.92 Å². The van der Waals surface area contributed by atoms with Gasteiger partial charge in [0.2, 0.25) is 11.8 Å². The molecule has 8 heteroatoms. The van der Waals surface area contributed by atoms with Gasteiger partial charge in [0, 0.05) is 31.7 Å². The van der Waals surface area contributed by atoms with Gasteiger partial charge in [0.15, 0.2) is 0 Å². The number of rotatable bonds is 5. The number of ether oxygens (including phenoxy) is 2. The Labute approximate surface area is 172 Å². The predicted molar refractivity (Wildman–Crippen MR) is 110 cm³/mol. The fraction of sp³-hybridized carbons (Fsp3) is 0.571. The molecule has 0 unspecified atom stereocenters. The topological polar surface area (TPSA) is 88.2 Å². The number of likely N-dealkylation sites (N-methyl/N-ethyl adjacent to an activating group) is 1. The van der Waals surface area contributed by atoms with Gasteiger partial charge in [0.05, 0.1) is 13.7 Å². The van der Waals surface area contributed by atoms with Crippen LogP contribution in [0.2, 0.25) is 0 Å². The van der Waals surface area contributed by atoms with Crippen LogP contribution in [-0.4, -0.2) is 67.1 Å². The van der Waals surface area contributed by atoms with Crippen molar-refractivity contribution in [3.63, 3.8) is 0 Å². The van der Waals surface area contributed by atoms with Gasteiger partial charge in [-0.25, -0.2) is 4.79 Å². The molecule has 1 aromatic carbocycles. The van der Waals surface area contributed by atoms with Crippen LogP contribution in [0, 0.1) is 5.92 Å². The first kappa shape index (κ1) is 22.5. The number of nitrogens with zero attached hydrogens (tertiary/aromatic N) is 2. The Balaban J connectivity index is 1.79. The molecule has 160 valence electrons. The Morgan fingerprint density at radius 2 is 1.72 bits per heavy atom. The zero-order chi connectivity index (χ0) is 21.6. The minimum atomic E-state index is -0.540. The molecule has 1 fully saturated rings. The molecule has 0 aromatic heterocycles. The van der Waals surface area contributed by atoms with Crippen molar-refractivity contribution in [2.45, 2.75) is 39.2 Å². The highest BCUT2D eigenvalue weighted by Crippen LogP contribution is 2.21. The summed E-state index contributed by atoms with van der Waals surface area (Å²) in [4.78, 5) is 40.1. The summed E-state index contributed by atoms with van der Waals surface area (Å²) in [5.41, 5.74) is 0.101. The summed E-state index contributed by atoms with van der Waals surface area (Å²) in [6.07, 6.45) is 0.765. The normalized spacial score (nSPS) is 14.9. The van der Waals surface area contributed by atoms with E-state index in [0.717, 1.165) is 0 Å². The second kappa shape index (κ2) is 9.62. The predicted octanol–water partition coefficient (Wildman–Crippen LogP) is 2.74. The number of hydrogen-bond donors (Lipinski definition) is 1. The molecule has 0 spiro atoms. The fourth-order valence-electron chi connectivity index (χ4n) is 3.12. The first-order valence-electron chi connectivity index (χ1n) is 9.76. The van der Waals surface area contributed by atoms with Gasteiger partial charge in [-0.05, 0) is 57.9 Å². The van der Waals surface area contributed by atoms with Crippen molar-refractivity contribution in [3.05, 3.63) is 24.3 Å². The third-order valence-electron chi connectivity index (χ3n) is 4.63. The average molecular weight is 405 g/mol. The molecule has 3 amide bonds. The highest BCUT2D eigenvalue weighted by atomic mass is 16.6. The van der Waals surface area contributed by atoms with E-state index in [4.69, 9.17) is 9.47 Å². The molecule has 1 heterocycles. The largest absolute Gasteiger partial charge is 0.497 e. The zero-order valence-electron chi connectivity index (χ0n) is 17.9. The first-order chi connectivity index (χ1) is 13.6. The van der Waals surface area contributed by atoms with Gasteiger partial charge < -0.3 is 24.6 Å². The number of methoxy groups -OCH3 is 1. The van der Waals surface area contributed by atoms with Crippen LogP contribution in [-0.2, 0) is 14.3 Å². The first-order valence-corrected chi connectivity index (χ1v) is 9.76. The van der Waals surface area contributed by atoms with E-state index in [2.05, 4.69) is 5.32 Å². The molecular weight excluding hydrogens is 374 g/mol. The molecule has 0 aliphatic carbocycles. The van der Waals surface area contributed by atoms with Crippen LogP contribution < -0.4 is 10.1 Å². The van der Waals surface area contributed by atoms with Gasteiger partial charge in [-0.15, -0.1) is 0 Å². The molecule has 8 nitrogen and oxygen atoms in total. The lowest BCUT2D eigenvalue weighted by molar-refractivity contribution is -0.138. The number of anilines is 1. The van der Waals surface area contributed by atoms with Gasteiger partial charge in [0.1, 0.15) is 11.4 Å². The van der Waals surface area contributed by atoms with Crippen LogP contribution in [0.3, 0.4) is 0 Å². The van der Waals surface area contributed by atoms with Gasteiger partial charge >= 0.3 is 6.09 Å². The lowest BCUT2D eigenvalue weighted by Crippen LogP contribution is -2.46. The van der Waals surface area contributed by atoms with E-state index in [-0.39, 0.29) is 30.4 Å². The van der Waals surface area contributed by atoms with Gasteiger partial charge in [-0.3, -0.25) is 9.59 Å². The smallest absolute Gasteiger partial charge is 0.410 e. The second-order valence-corrected chi connectivity index (χ2v) is 8.21. The molecule has 29 heavy (non-hydrogen) atoms. The Morgan fingerprint density at radius 1 is 1.14 bits per heavy atom. The lowest BCUT2D eigenvalue weighted by atomic mass is 9.95. The molecule has 1 aromatic rings. The minimum Gasteiger partial charge on any atom is -0.497 e. The van der Waals surface area contributed by atoms with E-state index in [1.54, 1.807) is 43.3 Å². The van der Waals surface area contributed by atoms with Crippen LogP contribution in [0.1, 0.15) is 33.6 Å². The number of amides is 3. The molecular formula is C21H31N3O5. The maximum Gasteiger partial charge on any atom is 0.410 e. The number of likely N-dealkylation sites (tertiary alicyclic amines) is 1. The SMILES string of the molecule is COc1ccc(NC(=O)CN(C)C(=O)C2CCN(C(=O)OC(C)(C)C)CC2)cc1. The Bertz CT molecular complexity index is 719. The second-order valence-electron chi connectivity index (χ2n) is 8.21. The van der Waals surface area contributed by atoms with E-state index in [1.807, 2.05) is 20.8 Å². The molecule has 1 aliphatic rings. The molecule has 1 aliphatic heterocycles. The van der Waals surface area contributed by atoms with E-state index in [9.17, 15) is 14.4 Å². The number of nitrogens with one attached hydrogen (secondary N) is 1. The van der Waals surface area contributed by atoms with Gasteiger partial charge in [0.25, 0.3) is 0 Å². The monoisotopic (exact) mass is 405 g/mol. The quantitative estimate of drug-likeness (QED) is 0.814. The number of benzene rings is 1. The van der Waals surface area contributed by atoms with Crippen LogP contribution in [0.25, 0.3) is 0 Å². The number of carbonyl (C=O) groups excluding carboxylic acids is 3. The van der Waals surface area contributed by atoms with Crippen LogP contribution in [0.4, 0.5) is 10.5 Å². The van der Waals surface area contributed by atoms with E-state index in [0.29, 0.717) is 37.4 Å². The standard InChI is InChI=1S/C21H31N3O5/c1-21(2,3)29-20(27)24-12-10-15(11-13-24)19(26)23(4)14-18(25)22-16-6-8-17(28-5)9-7-16/h6-9,15H,10-14H2,1-5H3,(H,22,25). The number of hydrogen-bond acceptors (Lipinski definition) is 5. The maximum absolute atomic E-state index is 12.7. The molecule has 1 saturated heterocycles. The summed E-state index contributed by atoms with van der Waals surface area (Å²) < 4.78 is 10.5. The highest BCUT2D eigenvalue weighted by molar-refractivity contribution is 5.94. The lowest BCUT2D eigenvalue weighted by Gasteiger charge is -2.34. The van der Waals surface area contributed by atoms with Gasteiger partial charge in [-0.2, -0.15) is 0 Å². The Hall–Kier alpha value is -2.77. The summed E-state index contributed by atoms with van der Waals surface area (Å²) in [5.74, 6) is 0.149. The summed E-state index contributed by atoms with van der Waals surface area (Å²) >= 11 is 0. The summed E-state index contributed by atoms with van der Waals surface area (Å²) in [7, 11) is 3.20. The molecule has 2 rings (SSSR count). The average Bonchev–Trinajstić information content (AvgIpc) is 2.66. The molecule has 0 saturated carbocycles. The molecule has 0 atom stereocenters. The summed E-state index contributed by atoms with van der Waals surface area (Å²) in [6, 6.07) is 6.99. The van der Waals surface area contributed by atoms with Crippen LogP contribution in [0.15, 0.2) is 24.3 Å². The Morgan fingerprint density at radius 3 is 2.24 bits per heavy atom. The minimum absolute atomic E-state index is 0.0306. The van der Waals surface area contributed by atoms with Crippen molar-refractivity contribution in [1.29, 1.82) is 0 Å². The van der Waals surface area contributed by atoms with E-state index >= 15 is 0 Å². The van der Waals surface area contributed by atoms with E-state index < -0.39 is 5.60 Å². The van der Waals surface area contributed by atoms with Gasteiger partial charge in [-0.1, -0.05) is 0 Å². The van der Waals surface area contributed by atoms with Crippen molar-refractivity contribution in [3.8, 4) is 5.75 Å². The maximum atomic E-state index is 12.7.